The SMILES string of the molecule is C[C@H](N)c1ccc(OCc2ccn(C)n2)c(Cl)c1. The highest BCUT2D eigenvalue weighted by molar-refractivity contribution is 6.32. The lowest BCUT2D eigenvalue weighted by molar-refractivity contribution is 0.300. The molecule has 0 aliphatic carbocycles. The second kappa shape index (κ2) is 5.42. The van der Waals surface area contributed by atoms with Crippen LogP contribution in [0.3, 0.4) is 0 Å². The molecule has 2 rings (SSSR count). The summed E-state index contributed by atoms with van der Waals surface area (Å²) in [4.78, 5) is 0. The van der Waals surface area contributed by atoms with Gasteiger partial charge in [0.2, 0.25) is 0 Å². The van der Waals surface area contributed by atoms with Gasteiger partial charge in [-0.1, -0.05) is 17.7 Å². The first kappa shape index (κ1) is 12.9. The van der Waals surface area contributed by atoms with Crippen LogP contribution in [-0.2, 0) is 13.7 Å². The van der Waals surface area contributed by atoms with Gasteiger partial charge in [0.25, 0.3) is 0 Å². The molecule has 0 radical (unpaired) electrons. The lowest BCUT2D eigenvalue weighted by Gasteiger charge is -2.10. The van der Waals surface area contributed by atoms with Gasteiger partial charge in [0.15, 0.2) is 0 Å². The molecule has 18 heavy (non-hydrogen) atoms. The van der Waals surface area contributed by atoms with Crippen molar-refractivity contribution in [1.29, 1.82) is 0 Å². The first-order chi connectivity index (χ1) is 8.56. The fourth-order valence-corrected chi connectivity index (χ4v) is 1.85. The molecule has 5 heteroatoms. The number of aromatic nitrogens is 2. The van der Waals surface area contributed by atoms with Gasteiger partial charge in [0.1, 0.15) is 12.4 Å². The Morgan fingerprint density at radius 3 is 2.78 bits per heavy atom. The van der Waals surface area contributed by atoms with Crippen LogP contribution >= 0.6 is 11.6 Å². The maximum absolute atomic E-state index is 6.14. The van der Waals surface area contributed by atoms with Crippen molar-refractivity contribution in [2.45, 2.75) is 19.6 Å². The van der Waals surface area contributed by atoms with Crippen LogP contribution in [0.25, 0.3) is 0 Å². The van der Waals surface area contributed by atoms with Crippen LogP contribution in [0.15, 0.2) is 30.5 Å². The number of rotatable bonds is 4. The van der Waals surface area contributed by atoms with Crippen LogP contribution in [0.4, 0.5) is 0 Å². The van der Waals surface area contributed by atoms with Gasteiger partial charge in [-0.05, 0) is 30.7 Å². The van der Waals surface area contributed by atoms with Crippen molar-refractivity contribution in [2.75, 3.05) is 0 Å². The van der Waals surface area contributed by atoms with Gasteiger partial charge in [-0.25, -0.2) is 0 Å². The molecule has 0 fully saturated rings. The van der Waals surface area contributed by atoms with E-state index in [9.17, 15) is 0 Å². The highest BCUT2D eigenvalue weighted by atomic mass is 35.5. The van der Waals surface area contributed by atoms with E-state index in [0.717, 1.165) is 11.3 Å². The Kier molecular flexibility index (Phi) is 3.89. The zero-order valence-corrected chi connectivity index (χ0v) is 11.2. The minimum atomic E-state index is -0.0349. The molecule has 1 aromatic heterocycles. The number of ether oxygens (including phenoxy) is 1. The molecule has 1 atom stereocenters. The molecule has 0 aliphatic heterocycles. The van der Waals surface area contributed by atoms with Gasteiger partial charge < -0.3 is 10.5 Å². The summed E-state index contributed by atoms with van der Waals surface area (Å²) in [5, 5.41) is 4.80. The van der Waals surface area contributed by atoms with Crippen LogP contribution in [0.5, 0.6) is 5.75 Å². The fraction of sp³-hybridized carbons (Fsp3) is 0.308. The quantitative estimate of drug-likeness (QED) is 0.925. The summed E-state index contributed by atoms with van der Waals surface area (Å²) in [6.07, 6.45) is 1.87. The molecular formula is C13H16ClN3O. The third kappa shape index (κ3) is 3.03. The molecule has 0 saturated carbocycles. The molecule has 1 aromatic carbocycles. The third-order valence-corrected chi connectivity index (χ3v) is 2.92. The zero-order chi connectivity index (χ0) is 13.1. The van der Waals surface area contributed by atoms with Crippen LogP contribution in [0.1, 0.15) is 24.2 Å². The van der Waals surface area contributed by atoms with Gasteiger partial charge >= 0.3 is 0 Å². The monoisotopic (exact) mass is 265 g/mol. The van der Waals surface area contributed by atoms with Gasteiger partial charge in [0, 0.05) is 19.3 Å². The van der Waals surface area contributed by atoms with Crippen molar-refractivity contribution in [3.8, 4) is 5.75 Å². The molecule has 0 bridgehead atoms. The summed E-state index contributed by atoms with van der Waals surface area (Å²) in [5.41, 5.74) is 7.64. The summed E-state index contributed by atoms with van der Waals surface area (Å²) >= 11 is 6.14. The Hall–Kier alpha value is -1.52. The third-order valence-electron chi connectivity index (χ3n) is 2.63. The van der Waals surface area contributed by atoms with E-state index in [4.69, 9.17) is 22.1 Å². The molecule has 0 amide bonds. The standard InChI is InChI=1S/C13H16ClN3O/c1-9(15)10-3-4-13(12(14)7-10)18-8-11-5-6-17(2)16-11/h3-7,9H,8,15H2,1-2H3/t9-/m0/s1. The second-order valence-electron chi connectivity index (χ2n) is 4.25. The van der Waals surface area contributed by atoms with Crippen molar-refractivity contribution in [3.63, 3.8) is 0 Å². The number of nitrogens with two attached hydrogens (primary N) is 1. The minimum absolute atomic E-state index is 0.0349. The van der Waals surface area contributed by atoms with Crippen LogP contribution in [0.2, 0.25) is 5.02 Å². The van der Waals surface area contributed by atoms with E-state index in [0.29, 0.717) is 17.4 Å². The number of aryl methyl sites for hydroxylation is 1. The summed E-state index contributed by atoms with van der Waals surface area (Å²) in [6, 6.07) is 7.46. The van der Waals surface area contributed by atoms with Gasteiger partial charge in [-0.15, -0.1) is 0 Å². The van der Waals surface area contributed by atoms with E-state index in [2.05, 4.69) is 5.10 Å². The summed E-state index contributed by atoms with van der Waals surface area (Å²) in [5.74, 6) is 0.645. The lowest BCUT2D eigenvalue weighted by atomic mass is 10.1. The Morgan fingerprint density at radius 1 is 1.44 bits per heavy atom. The van der Waals surface area contributed by atoms with E-state index >= 15 is 0 Å². The van der Waals surface area contributed by atoms with E-state index in [1.54, 1.807) is 4.68 Å². The minimum Gasteiger partial charge on any atom is -0.486 e. The Bertz CT molecular complexity index is 537. The molecule has 1 heterocycles. The zero-order valence-electron chi connectivity index (χ0n) is 10.4. The molecule has 96 valence electrons. The van der Waals surface area contributed by atoms with E-state index in [1.807, 2.05) is 44.4 Å². The van der Waals surface area contributed by atoms with E-state index in [1.165, 1.54) is 0 Å². The maximum Gasteiger partial charge on any atom is 0.138 e. The van der Waals surface area contributed by atoms with Crippen LogP contribution < -0.4 is 10.5 Å². The van der Waals surface area contributed by atoms with Crippen molar-refractivity contribution >= 4 is 11.6 Å². The molecule has 0 aliphatic rings. The number of hydrogen-bond donors (Lipinski definition) is 1. The second-order valence-corrected chi connectivity index (χ2v) is 4.66. The topological polar surface area (TPSA) is 53.1 Å². The van der Waals surface area contributed by atoms with Crippen LogP contribution in [0, 0.1) is 0 Å². The van der Waals surface area contributed by atoms with Gasteiger partial charge in [-0.3, -0.25) is 4.68 Å². The highest BCUT2D eigenvalue weighted by Crippen LogP contribution is 2.27. The smallest absolute Gasteiger partial charge is 0.138 e. The summed E-state index contributed by atoms with van der Waals surface area (Å²) < 4.78 is 7.36. The number of halogens is 1. The first-order valence-corrected chi connectivity index (χ1v) is 6.10. The summed E-state index contributed by atoms with van der Waals surface area (Å²) in [7, 11) is 1.87. The van der Waals surface area contributed by atoms with Crippen molar-refractivity contribution in [2.24, 2.45) is 12.8 Å². The molecule has 2 N–H and O–H groups in total. The average Bonchev–Trinajstić information content (AvgIpc) is 2.73. The maximum atomic E-state index is 6.14. The molecule has 0 spiro atoms. The molecule has 4 nitrogen and oxygen atoms in total. The molecule has 0 saturated heterocycles. The van der Waals surface area contributed by atoms with Crippen LogP contribution in [-0.4, -0.2) is 9.78 Å². The van der Waals surface area contributed by atoms with Crippen molar-refractivity contribution in [1.82, 2.24) is 9.78 Å². The Balaban J connectivity index is 2.05. The predicted molar refractivity (Wildman–Crippen MR) is 71.6 cm³/mol. The number of nitrogens with zero attached hydrogens (tertiary/aromatic N) is 2. The molecule has 0 unspecified atom stereocenters. The summed E-state index contributed by atoms with van der Waals surface area (Å²) in [6.45, 7) is 2.32. The largest absolute Gasteiger partial charge is 0.486 e. The Labute approximate surface area is 111 Å². The van der Waals surface area contributed by atoms with Gasteiger partial charge in [-0.2, -0.15) is 5.10 Å². The molecular weight excluding hydrogens is 250 g/mol. The highest BCUT2D eigenvalue weighted by Gasteiger charge is 2.06. The number of benzene rings is 1. The average molecular weight is 266 g/mol. The van der Waals surface area contributed by atoms with Crippen molar-refractivity contribution in [3.05, 3.63) is 46.7 Å². The normalized spacial score (nSPS) is 12.4. The lowest BCUT2D eigenvalue weighted by Crippen LogP contribution is -2.05. The number of hydrogen-bond acceptors (Lipinski definition) is 3. The molecule has 2 aromatic rings. The Morgan fingerprint density at radius 2 is 2.22 bits per heavy atom. The first-order valence-electron chi connectivity index (χ1n) is 5.72. The van der Waals surface area contributed by atoms with Crippen molar-refractivity contribution < 1.29 is 4.74 Å². The predicted octanol–water partition coefficient (Wildman–Crippen LogP) is 2.67. The van der Waals surface area contributed by atoms with E-state index < -0.39 is 0 Å². The van der Waals surface area contributed by atoms with E-state index in [-0.39, 0.29) is 6.04 Å². The van der Waals surface area contributed by atoms with Gasteiger partial charge in [0.05, 0.1) is 10.7 Å². The fourth-order valence-electron chi connectivity index (χ4n) is 1.61.